The summed E-state index contributed by atoms with van der Waals surface area (Å²) in [4.78, 5) is 40.2. The van der Waals surface area contributed by atoms with E-state index in [1.54, 1.807) is 44.4 Å². The van der Waals surface area contributed by atoms with Gasteiger partial charge in [-0.15, -0.1) is 0 Å². The summed E-state index contributed by atoms with van der Waals surface area (Å²) in [6, 6.07) is 12.7. The molecule has 30 heavy (non-hydrogen) atoms. The van der Waals surface area contributed by atoms with Crippen LogP contribution in [0, 0.1) is 0 Å². The third-order valence-electron chi connectivity index (χ3n) is 5.29. The van der Waals surface area contributed by atoms with Crippen molar-refractivity contribution in [1.82, 2.24) is 9.80 Å². The summed E-state index contributed by atoms with van der Waals surface area (Å²) in [5, 5.41) is 0. The fourth-order valence-electron chi connectivity index (χ4n) is 3.48. The molecule has 0 bridgehead atoms. The first kappa shape index (κ1) is 21.4. The van der Waals surface area contributed by atoms with E-state index in [0.29, 0.717) is 30.0 Å². The van der Waals surface area contributed by atoms with Gasteiger partial charge < -0.3 is 14.4 Å². The highest BCUT2D eigenvalue weighted by Gasteiger charge is 2.30. The summed E-state index contributed by atoms with van der Waals surface area (Å²) in [5.41, 5.74) is 2.29. The van der Waals surface area contributed by atoms with Crippen LogP contribution in [0.4, 0.5) is 0 Å². The van der Waals surface area contributed by atoms with Crippen molar-refractivity contribution in [3.05, 3.63) is 59.2 Å². The van der Waals surface area contributed by atoms with E-state index >= 15 is 0 Å². The molecule has 1 aliphatic rings. The molecule has 1 aliphatic heterocycles. The zero-order valence-electron chi connectivity index (χ0n) is 17.5. The molecule has 2 aromatic carbocycles. The van der Waals surface area contributed by atoms with Crippen LogP contribution in [0.5, 0.6) is 11.5 Å². The number of hydrogen-bond donors (Lipinski definition) is 0. The fourth-order valence-corrected chi connectivity index (χ4v) is 3.48. The second kappa shape index (κ2) is 9.43. The van der Waals surface area contributed by atoms with Crippen LogP contribution in [0.15, 0.2) is 42.5 Å². The number of carbonyl (C=O) groups excluding carboxylic acids is 3. The lowest BCUT2D eigenvalue weighted by atomic mass is 9.98. The number of hydrogen-bond acceptors (Lipinski definition) is 5. The number of imide groups is 1. The van der Waals surface area contributed by atoms with Gasteiger partial charge in [-0.05, 0) is 35.7 Å². The lowest BCUT2D eigenvalue weighted by Crippen LogP contribution is -2.44. The van der Waals surface area contributed by atoms with E-state index in [9.17, 15) is 14.4 Å². The van der Waals surface area contributed by atoms with E-state index < -0.39 is 0 Å². The summed E-state index contributed by atoms with van der Waals surface area (Å²) < 4.78 is 10.5. The summed E-state index contributed by atoms with van der Waals surface area (Å²) in [5.74, 6) is 0.589. The topological polar surface area (TPSA) is 76.2 Å². The van der Waals surface area contributed by atoms with Gasteiger partial charge in [-0.2, -0.15) is 0 Å². The van der Waals surface area contributed by atoms with Crippen molar-refractivity contribution in [3.8, 4) is 11.5 Å². The van der Waals surface area contributed by atoms with Gasteiger partial charge in [-0.25, -0.2) is 0 Å². The van der Waals surface area contributed by atoms with Crippen molar-refractivity contribution in [2.24, 2.45) is 0 Å². The Bertz CT molecular complexity index is 956. The third kappa shape index (κ3) is 4.62. The van der Waals surface area contributed by atoms with E-state index in [0.717, 1.165) is 11.1 Å². The monoisotopic (exact) mass is 410 g/mol. The second-order valence-electron chi connectivity index (χ2n) is 7.19. The van der Waals surface area contributed by atoms with Crippen molar-refractivity contribution in [1.29, 1.82) is 0 Å². The molecule has 1 heterocycles. The molecule has 0 radical (unpaired) electrons. The Morgan fingerprint density at radius 1 is 1.07 bits per heavy atom. The zero-order chi connectivity index (χ0) is 21.7. The largest absolute Gasteiger partial charge is 0.493 e. The summed E-state index contributed by atoms with van der Waals surface area (Å²) in [7, 11) is 4.89. The maximum absolute atomic E-state index is 12.6. The number of rotatable bonds is 8. The van der Waals surface area contributed by atoms with Crippen LogP contribution in [0.2, 0.25) is 0 Å². The molecule has 7 heteroatoms. The van der Waals surface area contributed by atoms with E-state index in [-0.39, 0.29) is 37.1 Å². The highest BCUT2D eigenvalue weighted by atomic mass is 16.5. The van der Waals surface area contributed by atoms with Crippen molar-refractivity contribution < 1.29 is 23.9 Å². The Morgan fingerprint density at radius 3 is 2.53 bits per heavy atom. The summed E-state index contributed by atoms with van der Waals surface area (Å²) in [6.45, 7) is 0.602. The fraction of sp³-hybridized carbons (Fsp3) is 0.348. The highest BCUT2D eigenvalue weighted by molar-refractivity contribution is 6.09. The van der Waals surface area contributed by atoms with Gasteiger partial charge in [-0.3, -0.25) is 19.3 Å². The van der Waals surface area contributed by atoms with Crippen molar-refractivity contribution in [2.45, 2.75) is 19.3 Å². The van der Waals surface area contributed by atoms with Crippen molar-refractivity contribution in [3.63, 3.8) is 0 Å². The Labute approximate surface area is 176 Å². The SMILES string of the molecule is COc1ccc(CCN(C)C(=O)CCN2C(=O)Cc3ccccc3C2=O)cc1OC. The van der Waals surface area contributed by atoms with Crippen LogP contribution in [0.25, 0.3) is 0 Å². The third-order valence-corrected chi connectivity index (χ3v) is 5.29. The second-order valence-corrected chi connectivity index (χ2v) is 7.19. The van der Waals surface area contributed by atoms with Crippen LogP contribution in [-0.2, 0) is 22.4 Å². The molecule has 0 spiro atoms. The number of carbonyl (C=O) groups is 3. The maximum atomic E-state index is 12.6. The molecule has 0 aliphatic carbocycles. The van der Waals surface area contributed by atoms with E-state index in [2.05, 4.69) is 0 Å². The molecular weight excluding hydrogens is 384 g/mol. The van der Waals surface area contributed by atoms with Crippen LogP contribution in [0.1, 0.15) is 27.9 Å². The number of benzene rings is 2. The first-order chi connectivity index (χ1) is 14.4. The number of fused-ring (bicyclic) bond motifs is 1. The standard InChI is InChI=1S/C23H26N2O5/c1-24(12-10-16-8-9-19(29-2)20(14-16)30-3)21(26)11-13-25-22(27)15-17-6-4-5-7-18(17)23(25)28/h4-9,14H,10-13,15H2,1-3H3. The van der Waals surface area contributed by atoms with Crippen LogP contribution < -0.4 is 9.47 Å². The molecule has 3 amide bonds. The van der Waals surface area contributed by atoms with E-state index in [4.69, 9.17) is 9.47 Å². The van der Waals surface area contributed by atoms with Gasteiger partial charge >= 0.3 is 0 Å². The van der Waals surface area contributed by atoms with Gasteiger partial charge in [0.15, 0.2) is 11.5 Å². The molecule has 0 unspecified atom stereocenters. The molecule has 0 atom stereocenters. The van der Waals surface area contributed by atoms with Gasteiger partial charge in [0, 0.05) is 32.1 Å². The Balaban J connectivity index is 1.54. The van der Waals surface area contributed by atoms with Crippen molar-refractivity contribution in [2.75, 3.05) is 34.4 Å². The Morgan fingerprint density at radius 2 is 1.80 bits per heavy atom. The smallest absolute Gasteiger partial charge is 0.260 e. The molecule has 3 rings (SSSR count). The lowest BCUT2D eigenvalue weighted by molar-refractivity contribution is -0.132. The first-order valence-corrected chi connectivity index (χ1v) is 9.82. The number of nitrogens with zero attached hydrogens (tertiary/aromatic N) is 2. The van der Waals surface area contributed by atoms with E-state index in [1.807, 2.05) is 24.3 Å². The number of methoxy groups -OCH3 is 2. The molecule has 0 aromatic heterocycles. The van der Waals surface area contributed by atoms with Gasteiger partial charge in [0.05, 0.1) is 20.6 Å². The van der Waals surface area contributed by atoms with Crippen molar-refractivity contribution >= 4 is 17.7 Å². The predicted molar refractivity (Wildman–Crippen MR) is 112 cm³/mol. The molecule has 7 nitrogen and oxygen atoms in total. The Kier molecular flexibility index (Phi) is 6.72. The normalized spacial score (nSPS) is 13.1. The molecule has 158 valence electrons. The molecule has 0 N–H and O–H groups in total. The molecule has 2 aromatic rings. The minimum Gasteiger partial charge on any atom is -0.493 e. The van der Waals surface area contributed by atoms with Gasteiger partial charge in [0.2, 0.25) is 11.8 Å². The van der Waals surface area contributed by atoms with Crippen LogP contribution >= 0.6 is 0 Å². The van der Waals surface area contributed by atoms with Gasteiger partial charge in [0.1, 0.15) is 0 Å². The summed E-state index contributed by atoms with van der Waals surface area (Å²) in [6.07, 6.45) is 0.935. The molecule has 0 saturated carbocycles. The zero-order valence-corrected chi connectivity index (χ0v) is 17.5. The van der Waals surface area contributed by atoms with Gasteiger partial charge in [-0.1, -0.05) is 24.3 Å². The molecule has 0 saturated heterocycles. The minimum atomic E-state index is -0.331. The Hall–Kier alpha value is -3.35. The molecular formula is C23H26N2O5. The lowest BCUT2D eigenvalue weighted by Gasteiger charge is -2.27. The predicted octanol–water partition coefficient (Wildman–Crippen LogP) is 2.32. The number of likely N-dealkylation sites (N-methyl/N-ethyl adjacent to an activating group) is 1. The minimum absolute atomic E-state index is 0.0888. The average Bonchev–Trinajstić information content (AvgIpc) is 2.76. The summed E-state index contributed by atoms with van der Waals surface area (Å²) >= 11 is 0. The first-order valence-electron chi connectivity index (χ1n) is 9.82. The molecule has 0 fully saturated rings. The van der Waals surface area contributed by atoms with Crippen LogP contribution in [0.3, 0.4) is 0 Å². The van der Waals surface area contributed by atoms with E-state index in [1.165, 1.54) is 4.90 Å². The average molecular weight is 410 g/mol. The maximum Gasteiger partial charge on any atom is 0.260 e. The highest BCUT2D eigenvalue weighted by Crippen LogP contribution is 2.27. The van der Waals surface area contributed by atoms with Crippen LogP contribution in [-0.4, -0.2) is 61.9 Å². The number of ether oxygens (including phenoxy) is 2. The number of amides is 3. The van der Waals surface area contributed by atoms with Gasteiger partial charge in [0.25, 0.3) is 5.91 Å². The quantitative estimate of drug-likeness (QED) is 0.625.